The zero-order chi connectivity index (χ0) is 25.7. The van der Waals surface area contributed by atoms with E-state index in [0.717, 1.165) is 62.9 Å². The van der Waals surface area contributed by atoms with Crippen LogP contribution < -0.4 is 4.90 Å². The maximum absolute atomic E-state index is 13.7. The molecule has 0 spiro atoms. The van der Waals surface area contributed by atoms with Crippen molar-refractivity contribution >= 4 is 22.6 Å². The van der Waals surface area contributed by atoms with Crippen LogP contribution in [0.25, 0.3) is 0 Å². The molecule has 1 aromatic heterocycles. The minimum atomic E-state index is -0.141. The first-order valence-corrected chi connectivity index (χ1v) is 14.3. The summed E-state index contributed by atoms with van der Waals surface area (Å²) in [5, 5.41) is 0.874. The Morgan fingerprint density at radius 2 is 1.42 bits per heavy atom. The Balaban J connectivity index is 1.12. The second-order valence-corrected chi connectivity index (χ2v) is 10.8. The van der Waals surface area contributed by atoms with Gasteiger partial charge in [-0.2, -0.15) is 4.37 Å². The Bertz CT molecular complexity index is 1280. The smallest absolute Gasteiger partial charge is 0.245 e. The van der Waals surface area contributed by atoms with E-state index in [1.54, 1.807) is 0 Å². The van der Waals surface area contributed by atoms with Crippen LogP contribution in [-0.2, 0) is 11.2 Å². The maximum atomic E-state index is 13.7. The van der Waals surface area contributed by atoms with E-state index in [9.17, 15) is 4.79 Å². The highest BCUT2D eigenvalue weighted by atomic mass is 32.1. The van der Waals surface area contributed by atoms with Crippen molar-refractivity contribution < 1.29 is 4.79 Å². The van der Waals surface area contributed by atoms with Crippen LogP contribution in [0.4, 0.5) is 5.13 Å². The van der Waals surface area contributed by atoms with E-state index in [-0.39, 0.29) is 18.0 Å². The molecule has 3 heterocycles. The molecular formula is C31H33N5OS. The Kier molecular flexibility index (Phi) is 7.47. The van der Waals surface area contributed by atoms with E-state index in [2.05, 4.69) is 91.9 Å². The number of benzene rings is 3. The summed E-state index contributed by atoms with van der Waals surface area (Å²) in [6.07, 6.45) is 2.60. The topological polar surface area (TPSA) is 52.6 Å². The lowest BCUT2D eigenvalue weighted by molar-refractivity contribution is -0.134. The Labute approximate surface area is 228 Å². The zero-order valence-electron chi connectivity index (χ0n) is 21.5. The Morgan fingerprint density at radius 3 is 2.05 bits per heavy atom. The molecule has 2 aliphatic rings. The molecule has 6 rings (SSSR count). The number of piperazine rings is 1. The molecule has 0 saturated carbocycles. The minimum Gasteiger partial charge on any atom is -0.338 e. The minimum absolute atomic E-state index is 0.141. The summed E-state index contributed by atoms with van der Waals surface area (Å²) in [7, 11) is 0. The van der Waals surface area contributed by atoms with Gasteiger partial charge in [0.2, 0.25) is 11.0 Å². The highest BCUT2D eigenvalue weighted by Crippen LogP contribution is 2.31. The van der Waals surface area contributed by atoms with Gasteiger partial charge >= 0.3 is 0 Å². The van der Waals surface area contributed by atoms with Crippen molar-refractivity contribution in [2.75, 3.05) is 37.6 Å². The van der Waals surface area contributed by atoms with E-state index in [4.69, 9.17) is 4.98 Å². The SMILES string of the molecule is O=C(C1CCCN1c1nc(Cc2ccccc2)ns1)N1CCN(C(c2ccccc2)c2ccccc2)CC1. The molecule has 7 heteroatoms. The first-order chi connectivity index (χ1) is 18.8. The molecule has 2 aliphatic heterocycles. The van der Waals surface area contributed by atoms with Gasteiger partial charge in [0.15, 0.2) is 0 Å². The van der Waals surface area contributed by atoms with E-state index < -0.39 is 0 Å². The van der Waals surface area contributed by atoms with Crippen LogP contribution in [0, 0.1) is 0 Å². The summed E-state index contributed by atoms with van der Waals surface area (Å²) in [5.41, 5.74) is 3.79. The molecule has 1 unspecified atom stereocenters. The fourth-order valence-corrected chi connectivity index (χ4v) is 6.52. The number of amides is 1. The fraction of sp³-hybridized carbons (Fsp3) is 0.323. The van der Waals surface area contributed by atoms with Gasteiger partial charge < -0.3 is 9.80 Å². The number of aromatic nitrogens is 2. The maximum Gasteiger partial charge on any atom is 0.245 e. The van der Waals surface area contributed by atoms with Gasteiger partial charge in [-0.05, 0) is 29.5 Å². The van der Waals surface area contributed by atoms with Crippen LogP contribution in [0.5, 0.6) is 0 Å². The monoisotopic (exact) mass is 523 g/mol. The van der Waals surface area contributed by atoms with Crippen molar-refractivity contribution in [1.82, 2.24) is 19.2 Å². The van der Waals surface area contributed by atoms with Gasteiger partial charge in [-0.25, -0.2) is 4.98 Å². The number of hydrogen-bond acceptors (Lipinski definition) is 6. The van der Waals surface area contributed by atoms with E-state index in [0.29, 0.717) is 0 Å². The molecule has 194 valence electrons. The molecule has 0 N–H and O–H groups in total. The molecule has 0 radical (unpaired) electrons. The third-order valence-corrected chi connectivity index (χ3v) is 8.46. The lowest BCUT2D eigenvalue weighted by Gasteiger charge is -2.41. The largest absolute Gasteiger partial charge is 0.338 e. The van der Waals surface area contributed by atoms with Gasteiger partial charge in [0.05, 0.1) is 6.04 Å². The van der Waals surface area contributed by atoms with E-state index in [1.807, 2.05) is 18.2 Å². The molecule has 6 nitrogen and oxygen atoms in total. The Hall–Kier alpha value is -3.55. The summed E-state index contributed by atoms with van der Waals surface area (Å²) in [5.74, 6) is 1.06. The van der Waals surface area contributed by atoms with Gasteiger partial charge in [0.1, 0.15) is 11.9 Å². The number of rotatable bonds is 7. The number of anilines is 1. The first-order valence-electron chi connectivity index (χ1n) is 13.5. The van der Waals surface area contributed by atoms with Gasteiger partial charge in [0.25, 0.3) is 0 Å². The van der Waals surface area contributed by atoms with E-state index >= 15 is 0 Å². The molecule has 3 aromatic carbocycles. The van der Waals surface area contributed by atoms with Crippen LogP contribution in [0.2, 0.25) is 0 Å². The van der Waals surface area contributed by atoms with Crippen molar-refractivity contribution in [3.63, 3.8) is 0 Å². The average Bonchev–Trinajstić information content (AvgIpc) is 3.65. The molecule has 1 amide bonds. The molecule has 2 fully saturated rings. The van der Waals surface area contributed by atoms with E-state index in [1.165, 1.54) is 28.2 Å². The van der Waals surface area contributed by atoms with Gasteiger partial charge in [-0.3, -0.25) is 9.69 Å². The van der Waals surface area contributed by atoms with Crippen LogP contribution in [0.3, 0.4) is 0 Å². The average molecular weight is 524 g/mol. The van der Waals surface area contributed by atoms with Crippen LogP contribution in [0.1, 0.15) is 41.4 Å². The summed E-state index contributed by atoms with van der Waals surface area (Å²) in [6, 6.07) is 31.8. The number of carbonyl (C=O) groups excluding carboxylic acids is 1. The molecule has 1 atom stereocenters. The molecule has 0 aliphatic carbocycles. The first kappa shape index (κ1) is 24.8. The molecule has 0 bridgehead atoms. The van der Waals surface area contributed by atoms with Gasteiger partial charge in [-0.1, -0.05) is 91.0 Å². The van der Waals surface area contributed by atoms with Crippen molar-refractivity contribution in [3.05, 3.63) is 114 Å². The highest BCUT2D eigenvalue weighted by Gasteiger charge is 2.37. The lowest BCUT2D eigenvalue weighted by Crippen LogP contribution is -2.54. The standard InChI is InChI=1S/C31H33N5OS/c37-30(27-17-10-18-36(27)31-32-28(33-38-31)23-24-11-4-1-5-12-24)35-21-19-34(20-22-35)29(25-13-6-2-7-14-25)26-15-8-3-9-16-26/h1-9,11-16,27,29H,10,17-23H2. The van der Waals surface area contributed by atoms with Gasteiger partial charge in [-0.15, -0.1) is 0 Å². The zero-order valence-corrected chi connectivity index (χ0v) is 22.3. The predicted molar refractivity (Wildman–Crippen MR) is 152 cm³/mol. The van der Waals surface area contributed by atoms with Crippen molar-refractivity contribution in [1.29, 1.82) is 0 Å². The molecule has 38 heavy (non-hydrogen) atoms. The van der Waals surface area contributed by atoms with Crippen molar-refractivity contribution in [2.45, 2.75) is 31.3 Å². The molecular weight excluding hydrogens is 490 g/mol. The summed E-state index contributed by atoms with van der Waals surface area (Å²) in [4.78, 5) is 25.3. The summed E-state index contributed by atoms with van der Waals surface area (Å²) < 4.78 is 4.61. The van der Waals surface area contributed by atoms with Crippen molar-refractivity contribution in [2.24, 2.45) is 0 Å². The van der Waals surface area contributed by atoms with Gasteiger partial charge in [0, 0.05) is 50.7 Å². The number of nitrogens with zero attached hydrogens (tertiary/aromatic N) is 5. The quantitative estimate of drug-likeness (QED) is 0.340. The number of hydrogen-bond donors (Lipinski definition) is 0. The van der Waals surface area contributed by atoms with Crippen LogP contribution in [0.15, 0.2) is 91.0 Å². The summed E-state index contributed by atoms with van der Waals surface area (Å²) in [6.45, 7) is 4.06. The second kappa shape index (κ2) is 11.5. The highest BCUT2D eigenvalue weighted by molar-refractivity contribution is 7.09. The predicted octanol–water partition coefficient (Wildman–Crippen LogP) is 5.03. The number of carbonyl (C=O) groups is 1. The molecule has 2 saturated heterocycles. The fourth-order valence-electron chi connectivity index (χ4n) is 5.76. The second-order valence-electron chi connectivity index (χ2n) is 10.1. The summed E-state index contributed by atoms with van der Waals surface area (Å²) >= 11 is 1.42. The normalized spacial score (nSPS) is 18.3. The lowest BCUT2D eigenvalue weighted by atomic mass is 9.96. The third-order valence-electron chi connectivity index (χ3n) is 7.67. The third kappa shape index (κ3) is 5.35. The van der Waals surface area contributed by atoms with Crippen molar-refractivity contribution in [3.8, 4) is 0 Å². The molecule has 4 aromatic rings. The van der Waals surface area contributed by atoms with Crippen LogP contribution in [-0.4, -0.2) is 63.8 Å². The Morgan fingerprint density at radius 1 is 0.816 bits per heavy atom. The van der Waals surface area contributed by atoms with Crippen LogP contribution >= 0.6 is 11.5 Å².